The molecule has 1 N–H and O–H groups in total. The summed E-state index contributed by atoms with van der Waals surface area (Å²) in [5.74, 6) is 0.353. The lowest BCUT2D eigenvalue weighted by Gasteiger charge is -2.23. The molecule has 3 aromatic rings. The third-order valence-electron chi connectivity index (χ3n) is 4.86. The Balaban J connectivity index is 1.83. The highest BCUT2D eigenvalue weighted by Gasteiger charge is 2.16. The second-order valence-electron chi connectivity index (χ2n) is 6.98. The fourth-order valence-electron chi connectivity index (χ4n) is 3.29. The number of nitrogens with zero attached hydrogens (tertiary/aromatic N) is 2. The van der Waals surface area contributed by atoms with Crippen LogP contribution in [0.3, 0.4) is 0 Å². The fourth-order valence-corrected chi connectivity index (χ4v) is 4.64. The van der Waals surface area contributed by atoms with Gasteiger partial charge in [-0.15, -0.1) is 11.3 Å². The first-order valence-electron chi connectivity index (χ1n) is 9.67. The van der Waals surface area contributed by atoms with E-state index in [9.17, 15) is 4.79 Å². The minimum Gasteiger partial charge on any atom is -0.352 e. The Morgan fingerprint density at radius 3 is 2.64 bits per heavy atom. The first-order chi connectivity index (χ1) is 13.5. The second-order valence-corrected chi connectivity index (χ2v) is 9.44. The quantitative estimate of drug-likeness (QED) is 0.487. The van der Waals surface area contributed by atoms with Gasteiger partial charge in [-0.2, -0.15) is 0 Å². The van der Waals surface area contributed by atoms with Crippen molar-refractivity contribution in [1.82, 2.24) is 15.2 Å². The van der Waals surface area contributed by atoms with E-state index in [2.05, 4.69) is 46.9 Å². The van der Waals surface area contributed by atoms with E-state index in [1.165, 1.54) is 0 Å². The number of halogens is 1. The molecule has 0 fully saturated rings. The maximum atomic E-state index is 13.0. The molecule has 0 spiro atoms. The molecule has 2 heterocycles. The Kier molecular flexibility index (Phi) is 7.21. The van der Waals surface area contributed by atoms with E-state index < -0.39 is 0 Å². The summed E-state index contributed by atoms with van der Waals surface area (Å²) in [6, 6.07) is 13.8. The fraction of sp³-hybridized carbons (Fsp3) is 0.364. The van der Waals surface area contributed by atoms with Crippen molar-refractivity contribution in [3.63, 3.8) is 0 Å². The van der Waals surface area contributed by atoms with Gasteiger partial charge < -0.3 is 10.2 Å². The maximum Gasteiger partial charge on any atom is 0.252 e. The van der Waals surface area contributed by atoms with Crippen molar-refractivity contribution in [3.8, 4) is 10.6 Å². The summed E-state index contributed by atoms with van der Waals surface area (Å²) in [7, 11) is 0. The van der Waals surface area contributed by atoms with E-state index in [1.807, 2.05) is 42.5 Å². The Morgan fingerprint density at radius 1 is 1.21 bits per heavy atom. The second kappa shape index (κ2) is 9.63. The van der Waals surface area contributed by atoms with E-state index >= 15 is 0 Å². The average molecular weight is 460 g/mol. The van der Waals surface area contributed by atoms with Crippen LogP contribution in [0.4, 0.5) is 0 Å². The number of fused-ring (bicyclic) bond motifs is 1. The molecule has 0 bridgehead atoms. The predicted octanol–water partition coefficient (Wildman–Crippen LogP) is 5.43. The number of nitrogens with one attached hydrogen (secondary N) is 1. The lowest BCUT2D eigenvalue weighted by molar-refractivity contribution is 0.0946. The van der Waals surface area contributed by atoms with Crippen LogP contribution in [0.2, 0.25) is 0 Å². The summed E-state index contributed by atoms with van der Waals surface area (Å²) < 4.78 is 1.05. The van der Waals surface area contributed by atoms with Gasteiger partial charge in [-0.25, -0.2) is 4.98 Å². The number of carbonyl (C=O) groups is 1. The number of hydrogen-bond acceptors (Lipinski definition) is 4. The lowest BCUT2D eigenvalue weighted by atomic mass is 10.1. The monoisotopic (exact) mass is 459 g/mol. The van der Waals surface area contributed by atoms with Crippen molar-refractivity contribution < 1.29 is 4.79 Å². The van der Waals surface area contributed by atoms with Crippen LogP contribution in [0.1, 0.15) is 31.1 Å². The molecule has 0 radical (unpaired) electrons. The number of amides is 1. The van der Waals surface area contributed by atoms with Crippen molar-refractivity contribution in [1.29, 1.82) is 0 Å². The summed E-state index contributed by atoms with van der Waals surface area (Å²) in [4.78, 5) is 21.2. The summed E-state index contributed by atoms with van der Waals surface area (Å²) in [5.41, 5.74) is 2.35. The average Bonchev–Trinajstić information content (AvgIpc) is 3.15. The number of benzene rings is 1. The maximum absolute atomic E-state index is 13.0. The van der Waals surface area contributed by atoms with Crippen molar-refractivity contribution >= 4 is 44.1 Å². The minimum atomic E-state index is -0.0399. The first kappa shape index (κ1) is 21.0. The standard InChI is InChI=1S/C22H26BrN3OS/c1-4-26(5-2)14-15(3)13-24-22(27)17-12-19(20-10-11-21(23)28-20)25-18-9-7-6-8-16(17)18/h6-12,15H,4-5,13-14H2,1-3H3,(H,24,27)/t15-/m0/s1. The molecule has 2 aromatic heterocycles. The number of thiophene rings is 1. The van der Waals surface area contributed by atoms with Crippen LogP contribution in [-0.2, 0) is 0 Å². The molecular formula is C22H26BrN3OS. The number of rotatable bonds is 8. The van der Waals surface area contributed by atoms with E-state index in [0.29, 0.717) is 18.0 Å². The van der Waals surface area contributed by atoms with Gasteiger partial charge in [-0.1, -0.05) is 39.0 Å². The van der Waals surface area contributed by atoms with Gasteiger partial charge in [0.25, 0.3) is 5.91 Å². The van der Waals surface area contributed by atoms with Gasteiger partial charge in [-0.05, 0) is 59.2 Å². The van der Waals surface area contributed by atoms with Crippen LogP contribution < -0.4 is 5.32 Å². The van der Waals surface area contributed by atoms with E-state index in [0.717, 1.165) is 44.9 Å². The first-order valence-corrected chi connectivity index (χ1v) is 11.3. The third kappa shape index (κ3) is 4.99. The highest BCUT2D eigenvalue weighted by molar-refractivity contribution is 9.11. The number of pyridine rings is 1. The Bertz CT molecular complexity index is 952. The van der Waals surface area contributed by atoms with Crippen molar-refractivity contribution in [2.24, 2.45) is 5.92 Å². The van der Waals surface area contributed by atoms with Crippen molar-refractivity contribution in [3.05, 3.63) is 51.8 Å². The zero-order valence-electron chi connectivity index (χ0n) is 16.5. The van der Waals surface area contributed by atoms with Crippen LogP contribution >= 0.6 is 27.3 Å². The van der Waals surface area contributed by atoms with Gasteiger partial charge in [-0.3, -0.25) is 4.79 Å². The molecular weight excluding hydrogens is 434 g/mol. The van der Waals surface area contributed by atoms with E-state index in [4.69, 9.17) is 4.98 Å². The molecule has 6 heteroatoms. The highest BCUT2D eigenvalue weighted by Crippen LogP contribution is 2.32. The smallest absolute Gasteiger partial charge is 0.252 e. The van der Waals surface area contributed by atoms with Gasteiger partial charge in [0.2, 0.25) is 0 Å². The third-order valence-corrected chi connectivity index (χ3v) is 6.51. The van der Waals surface area contributed by atoms with Gasteiger partial charge in [0, 0.05) is 18.5 Å². The summed E-state index contributed by atoms with van der Waals surface area (Å²) in [5, 5.41) is 4.01. The Hall–Kier alpha value is -1.76. The van der Waals surface area contributed by atoms with E-state index in [1.54, 1.807) is 11.3 Å². The van der Waals surface area contributed by atoms with Crippen LogP contribution in [0.15, 0.2) is 46.3 Å². The largest absolute Gasteiger partial charge is 0.352 e. The summed E-state index contributed by atoms with van der Waals surface area (Å²) in [6.45, 7) is 10.2. The Labute approximate surface area is 179 Å². The van der Waals surface area contributed by atoms with Gasteiger partial charge >= 0.3 is 0 Å². The molecule has 0 aliphatic heterocycles. The van der Waals surface area contributed by atoms with Crippen LogP contribution in [0, 0.1) is 5.92 Å². The van der Waals surface area contributed by atoms with Crippen LogP contribution in [-0.4, -0.2) is 42.0 Å². The topological polar surface area (TPSA) is 45.2 Å². The van der Waals surface area contributed by atoms with Gasteiger partial charge in [0.1, 0.15) is 0 Å². The normalized spacial score (nSPS) is 12.5. The summed E-state index contributed by atoms with van der Waals surface area (Å²) >= 11 is 5.12. The molecule has 0 unspecified atom stereocenters. The number of aromatic nitrogens is 1. The Morgan fingerprint density at radius 2 is 1.96 bits per heavy atom. The van der Waals surface area contributed by atoms with Gasteiger partial charge in [0.05, 0.1) is 25.4 Å². The molecule has 1 atom stereocenters. The molecule has 148 valence electrons. The highest BCUT2D eigenvalue weighted by atomic mass is 79.9. The van der Waals surface area contributed by atoms with Crippen LogP contribution in [0.25, 0.3) is 21.5 Å². The molecule has 3 rings (SSSR count). The SMILES string of the molecule is CCN(CC)C[C@@H](C)CNC(=O)c1cc(-c2ccc(Br)s2)nc2ccccc12. The molecule has 28 heavy (non-hydrogen) atoms. The zero-order valence-corrected chi connectivity index (χ0v) is 18.9. The minimum absolute atomic E-state index is 0.0399. The van der Waals surface area contributed by atoms with Crippen molar-refractivity contribution in [2.75, 3.05) is 26.2 Å². The zero-order chi connectivity index (χ0) is 20.1. The molecule has 0 aliphatic carbocycles. The molecule has 0 aliphatic rings. The molecule has 0 saturated heterocycles. The molecule has 1 amide bonds. The molecule has 0 saturated carbocycles. The van der Waals surface area contributed by atoms with E-state index in [-0.39, 0.29) is 5.91 Å². The summed E-state index contributed by atoms with van der Waals surface area (Å²) in [6.07, 6.45) is 0. The van der Waals surface area contributed by atoms with Crippen molar-refractivity contribution in [2.45, 2.75) is 20.8 Å². The molecule has 1 aromatic carbocycles. The number of para-hydroxylation sites is 1. The number of hydrogen-bond donors (Lipinski definition) is 1. The predicted molar refractivity (Wildman–Crippen MR) is 122 cm³/mol. The molecule has 4 nitrogen and oxygen atoms in total. The van der Waals surface area contributed by atoms with Gasteiger partial charge in [0.15, 0.2) is 0 Å². The van der Waals surface area contributed by atoms with Crippen LogP contribution in [0.5, 0.6) is 0 Å². The lowest BCUT2D eigenvalue weighted by Crippen LogP contribution is -2.35. The number of carbonyl (C=O) groups excluding carboxylic acids is 1.